The van der Waals surface area contributed by atoms with Crippen LogP contribution in [0.3, 0.4) is 0 Å². The maximum Gasteiger partial charge on any atom is 0.407 e. The summed E-state index contributed by atoms with van der Waals surface area (Å²) in [6.45, 7) is 3.82. The molecule has 3 rings (SSSR count). The number of amides is 2. The Morgan fingerprint density at radius 2 is 1.18 bits per heavy atom. The SMILES string of the molecule is CCCCCCCCCCCC(=O)OC[C@H](CSC[C@H](NC(=O)OCC1c2ccccc2-c2ccccc21)C(=O)NCCCC(F)(F)P(=O)(O)O)OC(=O)CCCCCCCCCCC. The number of carbonyl (C=O) groups excluding carboxylic acids is 4. The van der Waals surface area contributed by atoms with E-state index in [-0.39, 0.29) is 50.0 Å². The monoisotopic (exact) mass is 952 g/mol. The van der Waals surface area contributed by atoms with Crippen molar-refractivity contribution in [3.63, 3.8) is 0 Å². The average Bonchev–Trinajstić information content (AvgIpc) is 3.60. The highest BCUT2D eigenvalue weighted by Gasteiger charge is 2.47. The molecule has 2 aromatic rings. The predicted molar refractivity (Wildman–Crippen MR) is 253 cm³/mol. The zero-order chi connectivity index (χ0) is 47.3. The summed E-state index contributed by atoms with van der Waals surface area (Å²) in [6.07, 6.45) is 16.8. The van der Waals surface area contributed by atoms with Crippen LogP contribution in [-0.2, 0) is 33.2 Å². The molecular formula is C49H75F2N2O10PS. The lowest BCUT2D eigenvalue weighted by atomic mass is 9.98. The highest BCUT2D eigenvalue weighted by Crippen LogP contribution is 2.55. The molecule has 4 N–H and O–H groups in total. The quantitative estimate of drug-likeness (QED) is 0.0221. The standard InChI is InChI=1S/C49H75F2N2O10PS/c1-3-5-7-9-11-13-15-17-19-30-45(54)61-34-38(63-46(55)31-20-18-16-14-12-10-8-6-4-2)36-65-37-44(47(56)52-33-25-32-49(50,51)64(58,59)60)53-48(57)62-35-43-41-28-23-21-26-39(41)40-27-22-24-29-42(40)43/h21-24,26-29,38,43-44H,3-20,25,30-37H2,1-2H3,(H,52,56)(H,53,57)(H2,58,59,60)/t38-,44+/m1/s1. The molecule has 0 saturated heterocycles. The van der Waals surface area contributed by atoms with Crippen molar-refractivity contribution in [2.45, 2.75) is 179 Å². The Labute approximate surface area is 390 Å². The number of thioether (sulfide) groups is 1. The maximum atomic E-state index is 13.9. The van der Waals surface area contributed by atoms with E-state index in [2.05, 4.69) is 24.5 Å². The van der Waals surface area contributed by atoms with Crippen LogP contribution in [0.25, 0.3) is 11.1 Å². The number of nitrogens with one attached hydrogen (secondary N) is 2. The Morgan fingerprint density at radius 3 is 1.71 bits per heavy atom. The third kappa shape index (κ3) is 21.8. The normalized spacial score (nSPS) is 13.4. The molecule has 0 unspecified atom stereocenters. The van der Waals surface area contributed by atoms with Crippen LogP contribution in [0.1, 0.15) is 172 Å². The van der Waals surface area contributed by atoms with Gasteiger partial charge in [0.1, 0.15) is 25.4 Å². The summed E-state index contributed by atoms with van der Waals surface area (Å²) in [5, 5.41) is 5.06. The van der Waals surface area contributed by atoms with Crippen molar-refractivity contribution in [2.24, 2.45) is 0 Å². The Kier molecular flexibility index (Phi) is 27.0. The molecule has 1 aliphatic rings. The Hall–Kier alpha value is -3.52. The number of halogens is 2. The number of hydrogen-bond donors (Lipinski definition) is 4. The van der Waals surface area contributed by atoms with E-state index in [9.17, 15) is 32.5 Å². The molecule has 0 heterocycles. The molecule has 0 spiro atoms. The second-order valence-corrected chi connectivity index (χ2v) is 19.9. The van der Waals surface area contributed by atoms with Crippen LogP contribution in [-0.4, -0.2) is 82.8 Å². The molecule has 2 atom stereocenters. The highest BCUT2D eigenvalue weighted by atomic mass is 32.2. The van der Waals surface area contributed by atoms with Gasteiger partial charge in [0.05, 0.1) is 0 Å². The molecular weight excluding hydrogens is 878 g/mol. The number of esters is 2. The highest BCUT2D eigenvalue weighted by molar-refractivity contribution is 7.99. The van der Waals surface area contributed by atoms with Crippen LogP contribution in [0.4, 0.5) is 13.6 Å². The lowest BCUT2D eigenvalue weighted by molar-refractivity contribution is -0.157. The lowest BCUT2D eigenvalue weighted by Crippen LogP contribution is -2.49. The van der Waals surface area contributed by atoms with Gasteiger partial charge in [-0.05, 0) is 41.5 Å². The second kappa shape index (κ2) is 31.5. The summed E-state index contributed by atoms with van der Waals surface area (Å²) in [6, 6.07) is 14.4. The minimum atomic E-state index is -5.70. The van der Waals surface area contributed by atoms with Crippen molar-refractivity contribution >= 4 is 43.3 Å². The van der Waals surface area contributed by atoms with E-state index >= 15 is 0 Å². The van der Waals surface area contributed by atoms with Gasteiger partial charge in [-0.2, -0.15) is 20.5 Å². The Morgan fingerprint density at radius 1 is 0.692 bits per heavy atom. The van der Waals surface area contributed by atoms with Crippen molar-refractivity contribution < 1.29 is 56.5 Å². The third-order valence-corrected chi connectivity index (χ3v) is 13.9. The number of fused-ring (bicyclic) bond motifs is 3. The second-order valence-electron chi connectivity index (χ2n) is 17.1. The summed E-state index contributed by atoms with van der Waals surface area (Å²) in [5.41, 5.74) is -0.207. The van der Waals surface area contributed by atoms with Crippen molar-refractivity contribution in [3.05, 3.63) is 59.7 Å². The van der Waals surface area contributed by atoms with Gasteiger partial charge in [-0.25, -0.2) is 4.79 Å². The number of rotatable bonds is 36. The fourth-order valence-electron chi connectivity index (χ4n) is 7.84. The molecule has 0 aliphatic heterocycles. The summed E-state index contributed by atoms with van der Waals surface area (Å²) in [5.74, 6) is -1.76. The number of alkyl halides is 2. The molecule has 16 heteroatoms. The molecule has 65 heavy (non-hydrogen) atoms. The first-order valence-electron chi connectivity index (χ1n) is 24.0. The number of benzene rings is 2. The van der Waals surface area contributed by atoms with Crippen LogP contribution >= 0.6 is 19.4 Å². The number of unbranched alkanes of at least 4 members (excludes halogenated alkanes) is 16. The topological polar surface area (TPSA) is 178 Å². The summed E-state index contributed by atoms with van der Waals surface area (Å²) in [4.78, 5) is 70.5. The largest absolute Gasteiger partial charge is 0.462 e. The van der Waals surface area contributed by atoms with Crippen molar-refractivity contribution in [3.8, 4) is 11.1 Å². The fraction of sp³-hybridized carbons (Fsp3) is 0.673. The molecule has 12 nitrogen and oxygen atoms in total. The number of alkyl carbamates (subject to hydrolysis) is 1. The van der Waals surface area contributed by atoms with E-state index in [0.717, 1.165) is 72.5 Å². The van der Waals surface area contributed by atoms with Gasteiger partial charge in [0.2, 0.25) is 5.91 Å². The first kappa shape index (κ1) is 55.8. The van der Waals surface area contributed by atoms with Crippen LogP contribution < -0.4 is 10.6 Å². The first-order valence-corrected chi connectivity index (χ1v) is 26.8. The molecule has 366 valence electrons. The van der Waals surface area contributed by atoms with Gasteiger partial charge in [0, 0.05) is 43.2 Å². The van der Waals surface area contributed by atoms with Gasteiger partial charge in [-0.15, -0.1) is 0 Å². The van der Waals surface area contributed by atoms with Gasteiger partial charge in [-0.3, -0.25) is 18.9 Å². The maximum absolute atomic E-state index is 13.9. The Balaban J connectivity index is 1.60. The van der Waals surface area contributed by atoms with Gasteiger partial charge in [0.25, 0.3) is 0 Å². The minimum absolute atomic E-state index is 0.0276. The summed E-state index contributed by atoms with van der Waals surface area (Å²) < 4.78 is 56.1. The predicted octanol–water partition coefficient (Wildman–Crippen LogP) is 11.6. The molecule has 0 aromatic heterocycles. The Bertz CT molecular complexity index is 1720. The molecule has 0 radical (unpaired) electrons. The molecule has 2 amide bonds. The van der Waals surface area contributed by atoms with E-state index in [1.165, 1.54) is 64.2 Å². The summed E-state index contributed by atoms with van der Waals surface area (Å²) >= 11 is 1.16. The number of carbonyl (C=O) groups is 4. The molecule has 2 aromatic carbocycles. The van der Waals surface area contributed by atoms with E-state index in [4.69, 9.17) is 24.0 Å². The van der Waals surface area contributed by atoms with Crippen molar-refractivity contribution in [1.82, 2.24) is 10.6 Å². The molecule has 1 aliphatic carbocycles. The minimum Gasteiger partial charge on any atom is -0.462 e. The fourth-order valence-corrected chi connectivity index (χ4v) is 9.33. The average molecular weight is 953 g/mol. The molecule has 0 bridgehead atoms. The van der Waals surface area contributed by atoms with Crippen molar-refractivity contribution in [2.75, 3.05) is 31.3 Å². The van der Waals surface area contributed by atoms with Crippen LogP contribution in [0.15, 0.2) is 48.5 Å². The van der Waals surface area contributed by atoms with Crippen molar-refractivity contribution in [1.29, 1.82) is 0 Å². The van der Waals surface area contributed by atoms with Crippen LogP contribution in [0.2, 0.25) is 0 Å². The molecule has 0 saturated carbocycles. The van der Waals surface area contributed by atoms with Gasteiger partial charge >= 0.3 is 31.3 Å². The van der Waals surface area contributed by atoms with Gasteiger partial charge < -0.3 is 34.6 Å². The zero-order valence-corrected chi connectivity index (χ0v) is 40.4. The van der Waals surface area contributed by atoms with E-state index in [0.29, 0.717) is 12.8 Å². The number of ether oxygens (including phenoxy) is 3. The number of hydrogen-bond acceptors (Lipinski definition) is 9. The van der Waals surface area contributed by atoms with Crippen LogP contribution in [0.5, 0.6) is 0 Å². The van der Waals surface area contributed by atoms with Crippen LogP contribution in [0, 0.1) is 0 Å². The summed E-state index contributed by atoms with van der Waals surface area (Å²) in [7, 11) is -5.70. The van der Waals surface area contributed by atoms with E-state index in [1.807, 2.05) is 48.5 Å². The zero-order valence-electron chi connectivity index (χ0n) is 38.7. The van der Waals surface area contributed by atoms with Gasteiger partial charge in [0.15, 0.2) is 0 Å². The van der Waals surface area contributed by atoms with E-state index in [1.54, 1.807) is 0 Å². The smallest absolute Gasteiger partial charge is 0.407 e. The third-order valence-electron chi connectivity index (χ3n) is 11.6. The lowest BCUT2D eigenvalue weighted by Gasteiger charge is -2.22. The van der Waals surface area contributed by atoms with Gasteiger partial charge in [-0.1, -0.05) is 165 Å². The first-order chi connectivity index (χ1) is 31.3. The molecule has 0 fully saturated rings. The van der Waals surface area contributed by atoms with E-state index < -0.39 is 62.2 Å².